The SMILES string of the molecule is Cc1cccc(NC(=S)N2CCN(CC(=O)N3CCCCCC3)CC2)c1C. The Balaban J connectivity index is 1.46. The van der Waals surface area contributed by atoms with Crippen molar-refractivity contribution in [3.63, 3.8) is 0 Å². The van der Waals surface area contributed by atoms with Gasteiger partial charge in [0.25, 0.3) is 0 Å². The second kappa shape index (κ2) is 9.51. The van der Waals surface area contributed by atoms with E-state index in [0.29, 0.717) is 12.5 Å². The van der Waals surface area contributed by atoms with Crippen LogP contribution in [-0.4, -0.2) is 71.5 Å². The molecule has 27 heavy (non-hydrogen) atoms. The van der Waals surface area contributed by atoms with Crippen molar-refractivity contribution in [1.82, 2.24) is 14.7 Å². The van der Waals surface area contributed by atoms with Gasteiger partial charge in [-0.15, -0.1) is 0 Å². The van der Waals surface area contributed by atoms with Crippen molar-refractivity contribution >= 4 is 28.9 Å². The fourth-order valence-corrected chi connectivity index (χ4v) is 4.09. The van der Waals surface area contributed by atoms with E-state index in [2.05, 4.69) is 52.1 Å². The number of rotatable bonds is 3. The normalized spacial score (nSPS) is 18.9. The molecule has 2 saturated heterocycles. The number of nitrogens with zero attached hydrogens (tertiary/aromatic N) is 3. The lowest BCUT2D eigenvalue weighted by atomic mass is 10.1. The van der Waals surface area contributed by atoms with Crippen molar-refractivity contribution in [1.29, 1.82) is 0 Å². The van der Waals surface area contributed by atoms with Crippen LogP contribution in [0.25, 0.3) is 0 Å². The standard InChI is InChI=1S/C21H32N4OS/c1-17-8-7-9-19(18(17)2)22-21(27)25-14-12-23(13-15-25)16-20(26)24-10-5-3-4-6-11-24/h7-9H,3-6,10-16H2,1-2H3,(H,22,27). The van der Waals surface area contributed by atoms with E-state index in [9.17, 15) is 4.79 Å². The van der Waals surface area contributed by atoms with Gasteiger partial charge in [-0.1, -0.05) is 25.0 Å². The van der Waals surface area contributed by atoms with E-state index >= 15 is 0 Å². The van der Waals surface area contributed by atoms with Gasteiger partial charge in [0.05, 0.1) is 6.54 Å². The largest absolute Gasteiger partial charge is 0.346 e. The van der Waals surface area contributed by atoms with Crippen LogP contribution in [0.2, 0.25) is 0 Å². The third-order valence-electron chi connectivity index (χ3n) is 5.82. The zero-order chi connectivity index (χ0) is 19.2. The van der Waals surface area contributed by atoms with Gasteiger partial charge in [0.2, 0.25) is 5.91 Å². The molecule has 1 amide bonds. The van der Waals surface area contributed by atoms with Crippen LogP contribution in [-0.2, 0) is 4.79 Å². The number of benzene rings is 1. The molecule has 0 atom stereocenters. The molecular formula is C21H32N4OS. The molecule has 1 aromatic carbocycles. The topological polar surface area (TPSA) is 38.8 Å². The summed E-state index contributed by atoms with van der Waals surface area (Å²) in [5, 5.41) is 4.18. The number of hydrogen-bond acceptors (Lipinski definition) is 3. The number of carbonyl (C=O) groups is 1. The molecule has 2 fully saturated rings. The summed E-state index contributed by atoms with van der Waals surface area (Å²) in [5.41, 5.74) is 3.58. The van der Waals surface area contributed by atoms with E-state index in [4.69, 9.17) is 12.2 Å². The van der Waals surface area contributed by atoms with Crippen LogP contribution in [0, 0.1) is 13.8 Å². The van der Waals surface area contributed by atoms with Gasteiger partial charge in [0.1, 0.15) is 0 Å². The molecule has 0 aliphatic carbocycles. The third-order valence-corrected chi connectivity index (χ3v) is 6.18. The summed E-state index contributed by atoms with van der Waals surface area (Å²) in [6.07, 6.45) is 4.82. The first-order valence-electron chi connectivity index (χ1n) is 10.2. The van der Waals surface area contributed by atoms with Gasteiger partial charge in [-0.3, -0.25) is 9.69 Å². The Morgan fingerprint density at radius 2 is 1.63 bits per heavy atom. The summed E-state index contributed by atoms with van der Waals surface area (Å²) in [6.45, 7) is 10.1. The highest BCUT2D eigenvalue weighted by Gasteiger charge is 2.23. The predicted octanol–water partition coefficient (Wildman–Crippen LogP) is 3.02. The maximum atomic E-state index is 12.6. The van der Waals surface area contributed by atoms with Gasteiger partial charge in [-0.25, -0.2) is 0 Å². The molecule has 6 heteroatoms. The molecule has 2 heterocycles. The minimum atomic E-state index is 0.293. The molecule has 0 radical (unpaired) electrons. The van der Waals surface area contributed by atoms with Crippen molar-refractivity contribution in [2.75, 3.05) is 51.1 Å². The number of piperazine rings is 1. The summed E-state index contributed by atoms with van der Waals surface area (Å²) in [4.78, 5) is 19.1. The third kappa shape index (κ3) is 5.42. The van der Waals surface area contributed by atoms with E-state index in [0.717, 1.165) is 62.9 Å². The van der Waals surface area contributed by atoms with Crippen molar-refractivity contribution in [3.05, 3.63) is 29.3 Å². The monoisotopic (exact) mass is 388 g/mol. The molecule has 2 aliphatic rings. The van der Waals surface area contributed by atoms with Crippen LogP contribution in [0.5, 0.6) is 0 Å². The maximum absolute atomic E-state index is 12.6. The number of aryl methyl sites for hydroxylation is 1. The van der Waals surface area contributed by atoms with Crippen LogP contribution >= 0.6 is 12.2 Å². The highest BCUT2D eigenvalue weighted by molar-refractivity contribution is 7.80. The summed E-state index contributed by atoms with van der Waals surface area (Å²) >= 11 is 5.62. The molecular weight excluding hydrogens is 356 g/mol. The van der Waals surface area contributed by atoms with E-state index in [-0.39, 0.29) is 0 Å². The van der Waals surface area contributed by atoms with E-state index in [1.54, 1.807) is 0 Å². The van der Waals surface area contributed by atoms with Crippen molar-refractivity contribution in [2.45, 2.75) is 39.5 Å². The Morgan fingerprint density at radius 1 is 0.963 bits per heavy atom. The van der Waals surface area contributed by atoms with E-state index in [1.165, 1.54) is 24.0 Å². The Hall–Kier alpha value is -1.66. The molecule has 2 aliphatic heterocycles. The minimum absolute atomic E-state index is 0.293. The molecule has 3 rings (SSSR count). The van der Waals surface area contributed by atoms with Gasteiger partial charge >= 0.3 is 0 Å². The van der Waals surface area contributed by atoms with Gasteiger partial charge in [0.15, 0.2) is 5.11 Å². The molecule has 0 spiro atoms. The predicted molar refractivity (Wildman–Crippen MR) is 115 cm³/mol. The maximum Gasteiger partial charge on any atom is 0.236 e. The van der Waals surface area contributed by atoms with E-state index < -0.39 is 0 Å². The summed E-state index contributed by atoms with van der Waals surface area (Å²) < 4.78 is 0. The quantitative estimate of drug-likeness (QED) is 0.806. The molecule has 1 aromatic rings. The molecule has 0 bridgehead atoms. The molecule has 5 nitrogen and oxygen atoms in total. The molecule has 1 N–H and O–H groups in total. The Labute approximate surface area is 168 Å². The first kappa shape index (κ1) is 20.1. The average molecular weight is 389 g/mol. The van der Waals surface area contributed by atoms with Gasteiger partial charge in [-0.2, -0.15) is 0 Å². The van der Waals surface area contributed by atoms with Crippen LogP contribution in [0.1, 0.15) is 36.8 Å². The van der Waals surface area contributed by atoms with Crippen LogP contribution in [0.4, 0.5) is 5.69 Å². The van der Waals surface area contributed by atoms with Gasteiger partial charge < -0.3 is 15.1 Å². The number of hydrogen-bond donors (Lipinski definition) is 1. The molecule has 148 valence electrons. The lowest BCUT2D eigenvalue weighted by molar-refractivity contribution is -0.132. The number of carbonyl (C=O) groups excluding carboxylic acids is 1. The highest BCUT2D eigenvalue weighted by atomic mass is 32.1. The van der Waals surface area contributed by atoms with Gasteiger partial charge in [-0.05, 0) is 56.1 Å². The summed E-state index contributed by atoms with van der Waals surface area (Å²) in [6, 6.07) is 6.24. The molecule has 0 aromatic heterocycles. The van der Waals surface area contributed by atoms with Crippen LogP contribution < -0.4 is 5.32 Å². The average Bonchev–Trinajstić information content (AvgIpc) is 2.95. The summed E-state index contributed by atoms with van der Waals surface area (Å²) in [7, 11) is 0. The van der Waals surface area contributed by atoms with Crippen molar-refractivity contribution in [3.8, 4) is 0 Å². The smallest absolute Gasteiger partial charge is 0.236 e. The second-order valence-corrected chi connectivity index (χ2v) is 8.12. The number of nitrogens with one attached hydrogen (secondary N) is 1. The summed E-state index contributed by atoms with van der Waals surface area (Å²) in [5.74, 6) is 0.293. The van der Waals surface area contributed by atoms with Crippen molar-refractivity contribution < 1.29 is 4.79 Å². The Morgan fingerprint density at radius 3 is 2.30 bits per heavy atom. The fraction of sp³-hybridized carbons (Fsp3) is 0.619. The number of likely N-dealkylation sites (tertiary alicyclic amines) is 1. The number of amides is 1. The second-order valence-electron chi connectivity index (χ2n) is 7.74. The lowest BCUT2D eigenvalue weighted by Gasteiger charge is -2.36. The van der Waals surface area contributed by atoms with Crippen LogP contribution in [0.3, 0.4) is 0 Å². The van der Waals surface area contributed by atoms with Gasteiger partial charge in [0, 0.05) is 45.0 Å². The number of thiocarbonyl (C=S) groups is 1. The minimum Gasteiger partial charge on any atom is -0.346 e. The zero-order valence-corrected chi connectivity index (χ0v) is 17.5. The van der Waals surface area contributed by atoms with Crippen LogP contribution in [0.15, 0.2) is 18.2 Å². The highest BCUT2D eigenvalue weighted by Crippen LogP contribution is 2.19. The number of anilines is 1. The van der Waals surface area contributed by atoms with Crippen molar-refractivity contribution in [2.24, 2.45) is 0 Å². The zero-order valence-electron chi connectivity index (χ0n) is 16.7. The fourth-order valence-electron chi connectivity index (χ4n) is 3.80. The Bertz CT molecular complexity index is 662. The lowest BCUT2D eigenvalue weighted by Crippen LogP contribution is -2.52. The Kier molecular flexibility index (Phi) is 7.07. The molecule has 0 unspecified atom stereocenters. The molecule has 0 saturated carbocycles. The first-order chi connectivity index (χ1) is 13.0. The first-order valence-corrected chi connectivity index (χ1v) is 10.6. The van der Waals surface area contributed by atoms with E-state index in [1.807, 2.05) is 0 Å².